The Balaban J connectivity index is 1.94. The molecule has 1 aliphatic rings. The lowest BCUT2D eigenvalue weighted by molar-refractivity contribution is 0.857. The highest BCUT2D eigenvalue weighted by molar-refractivity contribution is 6.37. The van der Waals surface area contributed by atoms with Gasteiger partial charge in [-0.3, -0.25) is 0 Å². The molecular weight excluding hydrogens is 293 g/mol. The first-order valence-corrected chi connectivity index (χ1v) is 7.36. The van der Waals surface area contributed by atoms with E-state index in [0.29, 0.717) is 15.9 Å². The molecule has 0 saturated carbocycles. The van der Waals surface area contributed by atoms with E-state index in [-0.39, 0.29) is 0 Å². The molecule has 0 radical (unpaired) electrons. The molecule has 0 amide bonds. The predicted octanol–water partition coefficient (Wildman–Crippen LogP) is 4.34. The number of nitrogens with zero attached hydrogens (tertiary/aromatic N) is 2. The van der Waals surface area contributed by atoms with Gasteiger partial charge in [0.25, 0.3) is 0 Å². The SMILES string of the molecule is CCNc1nc(N2Cc3ccccc3C2)c(Cl)cc1Cl. The fourth-order valence-corrected chi connectivity index (χ4v) is 3.00. The van der Waals surface area contributed by atoms with Crippen molar-refractivity contribution in [2.24, 2.45) is 0 Å². The summed E-state index contributed by atoms with van der Waals surface area (Å²) in [6, 6.07) is 10.2. The molecule has 2 heterocycles. The van der Waals surface area contributed by atoms with Crippen LogP contribution in [0.5, 0.6) is 0 Å². The standard InChI is InChI=1S/C15H15Cl2N3/c1-2-18-14-12(16)7-13(17)15(19-14)20-8-10-5-3-4-6-11(10)9-20/h3-7H,2,8-9H2,1H3,(H,18,19). The van der Waals surface area contributed by atoms with Crippen LogP contribution in [0.2, 0.25) is 10.0 Å². The summed E-state index contributed by atoms with van der Waals surface area (Å²) in [5.74, 6) is 1.47. The molecule has 0 aliphatic carbocycles. The average Bonchev–Trinajstić information content (AvgIpc) is 2.85. The number of anilines is 2. The van der Waals surface area contributed by atoms with Crippen molar-refractivity contribution in [1.82, 2.24) is 4.98 Å². The number of rotatable bonds is 3. The van der Waals surface area contributed by atoms with Gasteiger partial charge in [0.2, 0.25) is 0 Å². The van der Waals surface area contributed by atoms with Gasteiger partial charge < -0.3 is 10.2 Å². The molecule has 1 aromatic heterocycles. The maximum absolute atomic E-state index is 6.31. The number of halogens is 2. The Labute approximate surface area is 128 Å². The van der Waals surface area contributed by atoms with Crippen molar-refractivity contribution in [1.29, 1.82) is 0 Å². The molecule has 0 bridgehead atoms. The van der Waals surface area contributed by atoms with E-state index >= 15 is 0 Å². The van der Waals surface area contributed by atoms with Crippen molar-refractivity contribution in [2.45, 2.75) is 20.0 Å². The van der Waals surface area contributed by atoms with Crippen LogP contribution in [0, 0.1) is 0 Å². The van der Waals surface area contributed by atoms with Gasteiger partial charge in [-0.1, -0.05) is 47.5 Å². The highest BCUT2D eigenvalue weighted by Crippen LogP contribution is 2.35. The second-order valence-electron chi connectivity index (χ2n) is 4.78. The summed E-state index contributed by atoms with van der Waals surface area (Å²) in [6.45, 7) is 4.44. The van der Waals surface area contributed by atoms with E-state index in [9.17, 15) is 0 Å². The molecule has 2 aromatic rings. The van der Waals surface area contributed by atoms with E-state index in [4.69, 9.17) is 23.2 Å². The third kappa shape index (κ3) is 2.43. The van der Waals surface area contributed by atoms with E-state index in [1.807, 2.05) is 6.92 Å². The van der Waals surface area contributed by atoms with Gasteiger partial charge in [0, 0.05) is 19.6 Å². The molecule has 0 atom stereocenters. The molecule has 5 heteroatoms. The number of aromatic nitrogens is 1. The lowest BCUT2D eigenvalue weighted by Crippen LogP contribution is -2.17. The van der Waals surface area contributed by atoms with Crippen LogP contribution < -0.4 is 10.2 Å². The van der Waals surface area contributed by atoms with Crippen molar-refractivity contribution in [2.75, 3.05) is 16.8 Å². The average molecular weight is 308 g/mol. The predicted molar refractivity (Wildman–Crippen MR) is 84.7 cm³/mol. The minimum Gasteiger partial charge on any atom is -0.369 e. The maximum atomic E-state index is 6.31. The first kappa shape index (κ1) is 13.5. The molecular formula is C15H15Cl2N3. The van der Waals surface area contributed by atoms with Crippen LogP contribution in [-0.4, -0.2) is 11.5 Å². The molecule has 104 valence electrons. The van der Waals surface area contributed by atoms with E-state index in [1.165, 1.54) is 11.1 Å². The lowest BCUT2D eigenvalue weighted by Gasteiger charge is -2.19. The molecule has 0 spiro atoms. The highest BCUT2D eigenvalue weighted by atomic mass is 35.5. The lowest BCUT2D eigenvalue weighted by atomic mass is 10.1. The number of fused-ring (bicyclic) bond motifs is 1. The zero-order valence-electron chi connectivity index (χ0n) is 11.2. The van der Waals surface area contributed by atoms with Crippen molar-refractivity contribution >= 4 is 34.8 Å². The Morgan fingerprint density at radius 2 is 1.80 bits per heavy atom. The summed E-state index contributed by atoms with van der Waals surface area (Å²) >= 11 is 12.5. The minimum atomic E-state index is 0.553. The number of benzene rings is 1. The second-order valence-corrected chi connectivity index (χ2v) is 5.59. The third-order valence-electron chi connectivity index (χ3n) is 3.40. The summed E-state index contributed by atoms with van der Waals surface area (Å²) in [7, 11) is 0. The van der Waals surface area contributed by atoms with Gasteiger partial charge in [-0.05, 0) is 24.1 Å². The van der Waals surface area contributed by atoms with Gasteiger partial charge in [-0.2, -0.15) is 0 Å². The Morgan fingerprint density at radius 1 is 1.15 bits per heavy atom. The highest BCUT2D eigenvalue weighted by Gasteiger charge is 2.22. The van der Waals surface area contributed by atoms with Crippen molar-refractivity contribution in [3.63, 3.8) is 0 Å². The number of hydrogen-bond acceptors (Lipinski definition) is 3. The van der Waals surface area contributed by atoms with Gasteiger partial charge in [-0.15, -0.1) is 0 Å². The second kappa shape index (κ2) is 5.51. The van der Waals surface area contributed by atoms with Crippen LogP contribution >= 0.6 is 23.2 Å². The molecule has 1 N–H and O–H groups in total. The van der Waals surface area contributed by atoms with Crippen LogP contribution in [0.3, 0.4) is 0 Å². The van der Waals surface area contributed by atoms with Gasteiger partial charge in [-0.25, -0.2) is 4.98 Å². The first-order valence-electron chi connectivity index (χ1n) is 6.60. The van der Waals surface area contributed by atoms with Crippen LogP contribution in [-0.2, 0) is 13.1 Å². The molecule has 1 aromatic carbocycles. The summed E-state index contributed by atoms with van der Waals surface area (Å²) in [6.07, 6.45) is 0. The van der Waals surface area contributed by atoms with Crippen molar-refractivity contribution < 1.29 is 0 Å². The molecule has 0 saturated heterocycles. The van der Waals surface area contributed by atoms with Crippen molar-refractivity contribution in [3.05, 3.63) is 51.5 Å². The van der Waals surface area contributed by atoms with Gasteiger partial charge in [0.15, 0.2) is 5.82 Å². The summed E-state index contributed by atoms with van der Waals surface area (Å²) in [5.41, 5.74) is 2.65. The molecule has 20 heavy (non-hydrogen) atoms. The summed E-state index contributed by atoms with van der Waals surface area (Å²) < 4.78 is 0. The smallest absolute Gasteiger partial charge is 0.150 e. The Bertz CT molecular complexity index is 618. The molecule has 3 rings (SSSR count). The molecule has 1 aliphatic heterocycles. The van der Waals surface area contributed by atoms with E-state index < -0.39 is 0 Å². The van der Waals surface area contributed by atoms with Crippen LogP contribution in [0.15, 0.2) is 30.3 Å². The summed E-state index contributed by atoms with van der Waals surface area (Å²) in [5, 5.41) is 4.30. The van der Waals surface area contributed by atoms with Gasteiger partial charge in [0.05, 0.1) is 10.0 Å². The Hall–Kier alpha value is -1.45. The topological polar surface area (TPSA) is 28.2 Å². The van der Waals surface area contributed by atoms with Crippen LogP contribution in [0.1, 0.15) is 18.1 Å². The first-order chi connectivity index (χ1) is 9.69. The number of pyridine rings is 1. The largest absolute Gasteiger partial charge is 0.369 e. The monoisotopic (exact) mass is 307 g/mol. The molecule has 0 fully saturated rings. The Morgan fingerprint density at radius 3 is 2.40 bits per heavy atom. The van der Waals surface area contributed by atoms with Crippen LogP contribution in [0.4, 0.5) is 11.6 Å². The fraction of sp³-hybridized carbons (Fsp3) is 0.267. The van der Waals surface area contributed by atoms with E-state index in [2.05, 4.69) is 39.5 Å². The van der Waals surface area contributed by atoms with Crippen molar-refractivity contribution in [3.8, 4) is 0 Å². The minimum absolute atomic E-state index is 0.553. The number of nitrogens with one attached hydrogen (secondary N) is 1. The fourth-order valence-electron chi connectivity index (χ4n) is 2.45. The van der Waals surface area contributed by atoms with E-state index in [1.54, 1.807) is 6.07 Å². The number of hydrogen-bond donors (Lipinski definition) is 1. The third-order valence-corrected chi connectivity index (χ3v) is 3.96. The normalized spacial score (nSPS) is 13.4. The zero-order chi connectivity index (χ0) is 14.1. The summed E-state index contributed by atoms with van der Waals surface area (Å²) in [4.78, 5) is 6.75. The Kier molecular flexibility index (Phi) is 3.72. The van der Waals surface area contributed by atoms with E-state index in [0.717, 1.165) is 25.5 Å². The zero-order valence-corrected chi connectivity index (χ0v) is 12.7. The van der Waals surface area contributed by atoms with Crippen LogP contribution in [0.25, 0.3) is 0 Å². The quantitative estimate of drug-likeness (QED) is 0.914. The van der Waals surface area contributed by atoms with Gasteiger partial charge >= 0.3 is 0 Å². The molecule has 3 nitrogen and oxygen atoms in total. The molecule has 0 unspecified atom stereocenters. The maximum Gasteiger partial charge on any atom is 0.150 e. The van der Waals surface area contributed by atoms with Gasteiger partial charge in [0.1, 0.15) is 5.82 Å².